The second-order valence-corrected chi connectivity index (χ2v) is 22.5. The molecule has 21 heteroatoms. The minimum absolute atomic E-state index is 0.00399. The van der Waals surface area contributed by atoms with Crippen LogP contribution < -0.4 is 20.1 Å². The molecule has 0 fully saturated rings. The van der Waals surface area contributed by atoms with Gasteiger partial charge in [0.15, 0.2) is 23.1 Å². The molecular weight excluding hydrogens is 1140 g/mol. The monoisotopic (exact) mass is 1200 g/mol. The fourth-order valence-corrected chi connectivity index (χ4v) is 11.5. The molecule has 0 unspecified atom stereocenters. The number of halogens is 3. The summed E-state index contributed by atoms with van der Waals surface area (Å²) in [5, 5.41) is 6.64. The lowest BCUT2D eigenvalue weighted by Crippen LogP contribution is -2.20. The Hall–Kier alpha value is -8.57. The van der Waals surface area contributed by atoms with Gasteiger partial charge in [0.05, 0.1) is 80.0 Å². The Kier molecular flexibility index (Phi) is 21.3. The van der Waals surface area contributed by atoms with E-state index in [4.69, 9.17) is 18.9 Å². The van der Waals surface area contributed by atoms with E-state index < -0.39 is 23.2 Å². The summed E-state index contributed by atoms with van der Waals surface area (Å²) in [6.45, 7) is 6.01. The van der Waals surface area contributed by atoms with Gasteiger partial charge in [0, 0.05) is 105 Å². The number of ether oxygens (including phenoxy) is 4. The van der Waals surface area contributed by atoms with E-state index in [-0.39, 0.29) is 72.9 Å². The summed E-state index contributed by atoms with van der Waals surface area (Å²) in [7, 11) is 7.25. The van der Waals surface area contributed by atoms with E-state index in [1.54, 1.807) is 56.9 Å². The van der Waals surface area contributed by atoms with Gasteiger partial charge in [-0.2, -0.15) is 0 Å². The van der Waals surface area contributed by atoms with Crippen molar-refractivity contribution in [3.8, 4) is 44.4 Å². The van der Waals surface area contributed by atoms with Crippen LogP contribution in [0.2, 0.25) is 0 Å². The van der Waals surface area contributed by atoms with E-state index in [1.807, 2.05) is 78.9 Å². The standard InChI is InChI=1S/C33H33FN4O4S.C32H30F2N4O4S/c1-21-4-6-22(7-5-21)14-25(39)17-26(40)15-23-8-9-29(27(34)16-23)42-30-10-11-36-28-18-31(43-32(28)30)33-37-20-24(38(33)2)19-35-12-13-41-3;1-38-22(18-35-11-12-41-2)19-37-32(38)30-17-27-31(43-30)29(9-10-36-27)42-28-8-7-20(14-26(28)34)13-23(39)16-24(40)15-21-5-3-4-6-25(21)33/h4-11,16,18,20,35H,12-15,17,19H2,1-3H3;3-10,14,17,19,35H,11-13,15-16,18H2,1-2H3. The first-order chi connectivity index (χ1) is 41.6. The molecule has 0 spiro atoms. The lowest BCUT2D eigenvalue weighted by atomic mass is 10.0. The minimum atomic E-state index is -0.639. The number of thiophene rings is 2. The lowest BCUT2D eigenvalue weighted by molar-refractivity contribution is -0.128. The Labute approximate surface area is 503 Å². The molecule has 0 atom stereocenters. The maximum Gasteiger partial charge on any atom is 0.166 e. The fraction of sp³-hybridized carbons (Fsp3) is 0.262. The van der Waals surface area contributed by atoms with E-state index in [0.29, 0.717) is 54.4 Å². The highest BCUT2D eigenvalue weighted by Crippen LogP contribution is 2.41. The number of ketones is 4. The van der Waals surface area contributed by atoms with E-state index >= 15 is 8.78 Å². The molecule has 2 N–H and O–H groups in total. The zero-order valence-electron chi connectivity index (χ0n) is 48.1. The number of hydrogen-bond donors (Lipinski definition) is 2. The van der Waals surface area contributed by atoms with Crippen LogP contribution in [0.15, 0.2) is 134 Å². The maximum atomic E-state index is 15.1. The zero-order valence-corrected chi connectivity index (χ0v) is 49.7. The van der Waals surface area contributed by atoms with Crippen LogP contribution in [0.25, 0.3) is 41.8 Å². The average molecular weight is 1210 g/mol. The van der Waals surface area contributed by atoms with Gasteiger partial charge < -0.3 is 38.7 Å². The van der Waals surface area contributed by atoms with Gasteiger partial charge >= 0.3 is 0 Å². The Morgan fingerprint density at radius 1 is 0.512 bits per heavy atom. The smallest absolute Gasteiger partial charge is 0.166 e. The SMILES string of the molecule is COCCNCc1cnc(-c2cc3nccc(Oc4ccc(CC(=O)CC(=O)Cc5ccc(C)cc5)cc4F)c3s2)n1C.COCCNCc1cnc(-c2cc3nccc(Oc4ccc(CC(=O)CC(=O)Cc5ccccc5F)cc4F)c3s2)n1C. The summed E-state index contributed by atoms with van der Waals surface area (Å²) >= 11 is 2.92. The van der Waals surface area contributed by atoms with Crippen molar-refractivity contribution < 1.29 is 51.3 Å². The van der Waals surface area contributed by atoms with Crippen molar-refractivity contribution in [1.82, 2.24) is 39.7 Å². The molecule has 10 aromatic rings. The highest BCUT2D eigenvalue weighted by molar-refractivity contribution is 7.22. The van der Waals surface area contributed by atoms with Crippen molar-refractivity contribution in [2.45, 2.75) is 58.5 Å². The highest BCUT2D eigenvalue weighted by Gasteiger charge is 2.21. The molecule has 0 bridgehead atoms. The number of Topliss-reactive ketones (excluding diaryl/α,β-unsaturated/α-hetero) is 4. The summed E-state index contributed by atoms with van der Waals surface area (Å²) in [6.07, 6.45) is 6.22. The van der Waals surface area contributed by atoms with Crippen molar-refractivity contribution in [2.24, 2.45) is 14.1 Å². The number of rotatable bonds is 28. The van der Waals surface area contributed by atoms with Crippen LogP contribution in [0, 0.1) is 24.4 Å². The van der Waals surface area contributed by atoms with Crippen molar-refractivity contribution in [1.29, 1.82) is 0 Å². The molecule has 6 aromatic heterocycles. The van der Waals surface area contributed by atoms with Gasteiger partial charge in [-0.15, -0.1) is 22.7 Å². The Morgan fingerprint density at radius 3 is 1.41 bits per heavy atom. The number of methoxy groups -OCH3 is 2. The third kappa shape index (κ3) is 16.2. The third-order valence-corrected chi connectivity index (χ3v) is 16.1. The molecule has 6 heterocycles. The van der Waals surface area contributed by atoms with Gasteiger partial charge in [0.1, 0.15) is 52.1 Å². The van der Waals surface area contributed by atoms with E-state index in [0.717, 1.165) is 71.9 Å². The summed E-state index contributed by atoms with van der Waals surface area (Å²) in [5.74, 6) is -0.369. The number of carbonyl (C=O) groups is 4. The number of nitrogens with one attached hydrogen (secondary N) is 2. The van der Waals surface area contributed by atoms with Crippen molar-refractivity contribution in [3.05, 3.63) is 191 Å². The normalized spacial score (nSPS) is 11.3. The van der Waals surface area contributed by atoms with Crippen molar-refractivity contribution >= 4 is 66.2 Å². The number of carbonyl (C=O) groups excluding carboxylic acids is 4. The molecule has 444 valence electrons. The third-order valence-electron chi connectivity index (χ3n) is 13.8. The summed E-state index contributed by atoms with van der Waals surface area (Å²) in [5.41, 5.74) is 6.58. The van der Waals surface area contributed by atoms with Crippen LogP contribution in [0.5, 0.6) is 23.0 Å². The molecule has 16 nitrogen and oxygen atoms in total. The topological polar surface area (TPSA) is 191 Å². The molecule has 0 aliphatic heterocycles. The molecule has 4 aromatic carbocycles. The van der Waals surface area contributed by atoms with Gasteiger partial charge in [-0.05, 0) is 71.6 Å². The Bertz CT molecular complexity index is 4030. The minimum Gasteiger partial charge on any atom is -0.453 e. The van der Waals surface area contributed by atoms with E-state index in [9.17, 15) is 23.6 Å². The first-order valence-electron chi connectivity index (χ1n) is 27.6. The molecule has 0 aliphatic rings. The largest absolute Gasteiger partial charge is 0.453 e. The zero-order chi connectivity index (χ0) is 60.7. The van der Waals surface area contributed by atoms with Gasteiger partial charge in [-0.3, -0.25) is 29.1 Å². The molecule has 0 aliphatic carbocycles. The number of nitrogens with zero attached hydrogens (tertiary/aromatic N) is 6. The molecule has 0 radical (unpaired) electrons. The molecule has 0 amide bonds. The number of hydrogen-bond acceptors (Lipinski definition) is 16. The van der Waals surface area contributed by atoms with Gasteiger partial charge in [-0.1, -0.05) is 60.2 Å². The summed E-state index contributed by atoms with van der Waals surface area (Å²) in [4.78, 5) is 69.6. The predicted octanol–water partition coefficient (Wildman–Crippen LogP) is 11.8. The van der Waals surface area contributed by atoms with Crippen molar-refractivity contribution in [3.63, 3.8) is 0 Å². The van der Waals surface area contributed by atoms with Crippen LogP contribution in [-0.4, -0.2) is 92.7 Å². The van der Waals surface area contributed by atoms with Crippen LogP contribution in [0.4, 0.5) is 13.2 Å². The second-order valence-electron chi connectivity index (χ2n) is 20.4. The molecular formula is C65H63F3N8O8S2. The average Bonchev–Trinajstić information content (AvgIpc) is 2.12. The van der Waals surface area contributed by atoms with Crippen molar-refractivity contribution in [2.75, 3.05) is 40.5 Å². The molecule has 10 rings (SSSR count). The molecule has 86 heavy (non-hydrogen) atoms. The summed E-state index contributed by atoms with van der Waals surface area (Å²) in [6, 6.07) is 29.6. The Morgan fingerprint density at radius 2 is 0.953 bits per heavy atom. The number of benzene rings is 4. The predicted molar refractivity (Wildman–Crippen MR) is 325 cm³/mol. The van der Waals surface area contributed by atoms with E-state index in [1.165, 1.54) is 65.1 Å². The first kappa shape index (κ1) is 62.0. The number of aromatic nitrogens is 6. The lowest BCUT2D eigenvalue weighted by Gasteiger charge is -2.09. The number of imidazole rings is 2. The second kappa shape index (κ2) is 29.5. The van der Waals surface area contributed by atoms with Crippen LogP contribution in [0.1, 0.15) is 52.0 Å². The number of pyridine rings is 2. The maximum absolute atomic E-state index is 15.1. The highest BCUT2D eigenvalue weighted by atomic mass is 32.1. The van der Waals surface area contributed by atoms with Crippen LogP contribution in [-0.2, 0) is 81.5 Å². The van der Waals surface area contributed by atoms with E-state index in [2.05, 4.69) is 30.6 Å². The van der Waals surface area contributed by atoms with Gasteiger partial charge in [0.25, 0.3) is 0 Å². The molecule has 0 saturated heterocycles. The van der Waals surface area contributed by atoms with Gasteiger partial charge in [0.2, 0.25) is 0 Å². The van der Waals surface area contributed by atoms with Crippen LogP contribution >= 0.6 is 22.7 Å². The summed E-state index contributed by atoms with van der Waals surface area (Å²) < 4.78 is 71.6. The number of fused-ring (bicyclic) bond motifs is 2. The van der Waals surface area contributed by atoms with Crippen LogP contribution in [0.3, 0.4) is 0 Å². The number of aryl methyl sites for hydroxylation is 1. The van der Waals surface area contributed by atoms with Gasteiger partial charge in [-0.25, -0.2) is 23.1 Å². The first-order valence-corrected chi connectivity index (χ1v) is 29.2. The molecule has 0 saturated carbocycles. The Balaban J connectivity index is 0.000000205. The fourth-order valence-electron chi connectivity index (χ4n) is 9.31. The quantitative estimate of drug-likeness (QED) is 0.0348.